The van der Waals surface area contributed by atoms with E-state index in [4.69, 9.17) is 0 Å². The van der Waals surface area contributed by atoms with Gasteiger partial charge in [-0.1, -0.05) is 25.0 Å². The molecule has 0 saturated heterocycles. The molecular weight excluding hydrogens is 272 g/mol. The number of nitro benzene ring substituents is 1. The molecular formula is C15H18N2O4. The van der Waals surface area contributed by atoms with Gasteiger partial charge in [-0.2, -0.15) is 0 Å². The molecule has 0 bridgehead atoms. The molecule has 6 heteroatoms. The van der Waals surface area contributed by atoms with Gasteiger partial charge in [0.2, 0.25) is 5.91 Å². The molecule has 112 valence electrons. The van der Waals surface area contributed by atoms with E-state index in [9.17, 15) is 20.0 Å². The minimum Gasteiger partial charge on any atom is -0.388 e. The van der Waals surface area contributed by atoms with E-state index in [1.807, 2.05) is 0 Å². The van der Waals surface area contributed by atoms with E-state index in [1.54, 1.807) is 12.1 Å². The van der Waals surface area contributed by atoms with Gasteiger partial charge in [-0.05, 0) is 24.5 Å². The van der Waals surface area contributed by atoms with Crippen LogP contribution in [0.2, 0.25) is 0 Å². The lowest BCUT2D eigenvalue weighted by atomic mass is 10.0. The molecule has 2 N–H and O–H groups in total. The van der Waals surface area contributed by atoms with E-state index in [1.165, 1.54) is 24.3 Å². The molecule has 21 heavy (non-hydrogen) atoms. The van der Waals surface area contributed by atoms with E-state index < -0.39 is 10.5 Å². The quantitative estimate of drug-likeness (QED) is 0.493. The average molecular weight is 290 g/mol. The summed E-state index contributed by atoms with van der Waals surface area (Å²) in [5.41, 5.74) is -0.216. The Morgan fingerprint density at radius 1 is 1.43 bits per heavy atom. The first-order valence-electron chi connectivity index (χ1n) is 6.91. The first-order valence-corrected chi connectivity index (χ1v) is 6.91. The highest BCUT2D eigenvalue weighted by Gasteiger charge is 2.30. The molecule has 6 nitrogen and oxygen atoms in total. The SMILES string of the molecule is O=C(C=Cc1cccc([N+](=O)[O-])c1)NCC1(O)CCCC1. The summed E-state index contributed by atoms with van der Waals surface area (Å²) in [6.07, 6.45) is 6.22. The fourth-order valence-electron chi connectivity index (χ4n) is 2.43. The molecule has 1 aromatic rings. The van der Waals surface area contributed by atoms with Crippen molar-refractivity contribution in [2.24, 2.45) is 0 Å². The highest BCUT2D eigenvalue weighted by atomic mass is 16.6. The van der Waals surface area contributed by atoms with E-state index in [2.05, 4.69) is 5.32 Å². The molecule has 0 heterocycles. The number of hydrogen-bond acceptors (Lipinski definition) is 4. The summed E-state index contributed by atoms with van der Waals surface area (Å²) in [4.78, 5) is 21.9. The lowest BCUT2D eigenvalue weighted by molar-refractivity contribution is -0.384. The van der Waals surface area contributed by atoms with Crippen molar-refractivity contribution in [1.29, 1.82) is 0 Å². The highest BCUT2D eigenvalue weighted by molar-refractivity contribution is 5.91. The molecule has 0 aromatic heterocycles. The molecule has 0 radical (unpaired) electrons. The molecule has 0 aliphatic heterocycles. The Labute approximate surface area is 122 Å². The summed E-state index contributed by atoms with van der Waals surface area (Å²) in [7, 11) is 0. The number of benzene rings is 1. The molecule has 1 fully saturated rings. The number of nitro groups is 1. The van der Waals surface area contributed by atoms with Gasteiger partial charge in [0.15, 0.2) is 0 Å². The average Bonchev–Trinajstić information content (AvgIpc) is 2.90. The van der Waals surface area contributed by atoms with Crippen molar-refractivity contribution in [2.75, 3.05) is 6.54 Å². The van der Waals surface area contributed by atoms with E-state index in [-0.39, 0.29) is 18.1 Å². The van der Waals surface area contributed by atoms with Crippen LogP contribution in [-0.2, 0) is 4.79 Å². The van der Waals surface area contributed by atoms with E-state index in [0.29, 0.717) is 18.4 Å². The summed E-state index contributed by atoms with van der Waals surface area (Å²) in [6.45, 7) is 0.241. The Bertz CT molecular complexity index is 563. The van der Waals surface area contributed by atoms with Crippen LogP contribution in [-0.4, -0.2) is 28.1 Å². The Morgan fingerprint density at radius 2 is 2.14 bits per heavy atom. The molecule has 1 amide bonds. The number of aliphatic hydroxyl groups is 1. The van der Waals surface area contributed by atoms with Crippen LogP contribution in [0.1, 0.15) is 31.2 Å². The van der Waals surface area contributed by atoms with Crippen LogP contribution in [0.3, 0.4) is 0 Å². The standard InChI is InChI=1S/C15H18N2O4/c18-14(16-11-15(19)8-1-2-9-15)7-6-12-4-3-5-13(10-12)17(20)21/h3-7,10,19H,1-2,8-9,11H2,(H,16,18). The normalized spacial score (nSPS) is 17.0. The minimum atomic E-state index is -0.783. The van der Waals surface area contributed by atoms with Crippen LogP contribution in [0, 0.1) is 10.1 Å². The van der Waals surface area contributed by atoms with Crippen molar-refractivity contribution in [3.63, 3.8) is 0 Å². The summed E-state index contributed by atoms with van der Waals surface area (Å²) in [5.74, 6) is -0.318. The number of carbonyl (C=O) groups excluding carboxylic acids is 1. The van der Waals surface area contributed by atoms with Crippen LogP contribution in [0.5, 0.6) is 0 Å². The fourth-order valence-corrected chi connectivity index (χ4v) is 2.43. The van der Waals surface area contributed by atoms with E-state index in [0.717, 1.165) is 12.8 Å². The zero-order chi connectivity index (χ0) is 15.3. The van der Waals surface area contributed by atoms with Crippen LogP contribution >= 0.6 is 0 Å². The lowest BCUT2D eigenvalue weighted by Gasteiger charge is -2.21. The number of rotatable bonds is 5. The van der Waals surface area contributed by atoms with Gasteiger partial charge >= 0.3 is 0 Å². The predicted molar refractivity (Wildman–Crippen MR) is 78.6 cm³/mol. The number of nitrogens with zero attached hydrogens (tertiary/aromatic N) is 1. The first-order chi connectivity index (χ1) is 9.98. The topological polar surface area (TPSA) is 92.5 Å². The maximum Gasteiger partial charge on any atom is 0.270 e. The van der Waals surface area contributed by atoms with Crippen molar-refractivity contribution < 1.29 is 14.8 Å². The summed E-state index contributed by atoms with van der Waals surface area (Å²) < 4.78 is 0. The fraction of sp³-hybridized carbons (Fsp3) is 0.400. The van der Waals surface area contributed by atoms with Gasteiger partial charge in [0.25, 0.3) is 5.69 Å². The summed E-state index contributed by atoms with van der Waals surface area (Å²) in [6, 6.07) is 6.04. The van der Waals surface area contributed by atoms with E-state index >= 15 is 0 Å². The molecule has 2 rings (SSSR count). The Balaban J connectivity index is 1.89. The van der Waals surface area contributed by atoms with Crippen molar-refractivity contribution in [3.05, 3.63) is 46.0 Å². The van der Waals surface area contributed by atoms with Crippen LogP contribution in [0.25, 0.3) is 6.08 Å². The Morgan fingerprint density at radius 3 is 2.81 bits per heavy atom. The van der Waals surface area contributed by atoms with Gasteiger partial charge in [-0.3, -0.25) is 14.9 Å². The van der Waals surface area contributed by atoms with Crippen LogP contribution in [0.15, 0.2) is 30.3 Å². The Kier molecular flexibility index (Phi) is 4.70. The molecule has 1 aromatic carbocycles. The number of carbonyl (C=O) groups is 1. The summed E-state index contributed by atoms with van der Waals surface area (Å²) >= 11 is 0. The molecule has 0 atom stereocenters. The summed E-state index contributed by atoms with van der Waals surface area (Å²) in [5, 5.41) is 23.4. The predicted octanol–water partition coefficient (Wildman–Crippen LogP) is 2.03. The van der Waals surface area contributed by atoms with Crippen molar-refractivity contribution >= 4 is 17.7 Å². The van der Waals surface area contributed by atoms with Crippen molar-refractivity contribution in [1.82, 2.24) is 5.32 Å². The lowest BCUT2D eigenvalue weighted by Crippen LogP contribution is -2.40. The number of nitrogens with one attached hydrogen (secondary N) is 1. The minimum absolute atomic E-state index is 0.0159. The van der Waals surface area contributed by atoms with Crippen molar-refractivity contribution in [3.8, 4) is 0 Å². The molecule has 1 aliphatic rings. The zero-order valence-corrected chi connectivity index (χ0v) is 11.6. The maximum absolute atomic E-state index is 11.7. The van der Waals surface area contributed by atoms with Gasteiger partial charge < -0.3 is 10.4 Å². The Hall–Kier alpha value is -2.21. The third-order valence-corrected chi connectivity index (χ3v) is 3.63. The van der Waals surface area contributed by atoms with Gasteiger partial charge in [0, 0.05) is 24.8 Å². The molecule has 1 saturated carbocycles. The highest BCUT2D eigenvalue weighted by Crippen LogP contribution is 2.28. The zero-order valence-electron chi connectivity index (χ0n) is 11.6. The number of non-ortho nitro benzene ring substituents is 1. The number of amides is 1. The molecule has 0 spiro atoms. The second-order valence-corrected chi connectivity index (χ2v) is 5.33. The smallest absolute Gasteiger partial charge is 0.270 e. The first kappa shape index (κ1) is 15.2. The monoisotopic (exact) mass is 290 g/mol. The maximum atomic E-state index is 11.7. The second kappa shape index (κ2) is 6.49. The van der Waals surface area contributed by atoms with Gasteiger partial charge in [-0.15, -0.1) is 0 Å². The van der Waals surface area contributed by atoms with Gasteiger partial charge in [0.1, 0.15) is 0 Å². The number of hydrogen-bond donors (Lipinski definition) is 2. The van der Waals surface area contributed by atoms with Gasteiger partial charge in [-0.25, -0.2) is 0 Å². The van der Waals surface area contributed by atoms with Crippen LogP contribution in [0.4, 0.5) is 5.69 Å². The molecule has 1 aliphatic carbocycles. The second-order valence-electron chi connectivity index (χ2n) is 5.33. The third kappa shape index (κ3) is 4.39. The third-order valence-electron chi connectivity index (χ3n) is 3.63. The largest absolute Gasteiger partial charge is 0.388 e. The van der Waals surface area contributed by atoms with Crippen molar-refractivity contribution in [2.45, 2.75) is 31.3 Å². The molecule has 0 unspecified atom stereocenters. The van der Waals surface area contributed by atoms with Gasteiger partial charge in [0.05, 0.1) is 10.5 Å². The van der Waals surface area contributed by atoms with Crippen LogP contribution < -0.4 is 5.32 Å².